The third-order valence-electron chi connectivity index (χ3n) is 12.5. The summed E-state index contributed by atoms with van der Waals surface area (Å²) in [6.07, 6.45) is 6.88. The Kier molecular flexibility index (Phi) is 20.4. The first-order chi connectivity index (χ1) is 34.9. The summed E-state index contributed by atoms with van der Waals surface area (Å²) in [6, 6.07) is 46.9. The lowest BCUT2D eigenvalue weighted by atomic mass is 9.88. The molecule has 0 bridgehead atoms. The van der Waals surface area contributed by atoms with Gasteiger partial charge >= 0.3 is 0 Å². The number of aliphatic hydroxyl groups excluding tert-OH is 1. The second kappa shape index (κ2) is 27.5. The van der Waals surface area contributed by atoms with Crippen LogP contribution in [0.2, 0.25) is 0 Å². The van der Waals surface area contributed by atoms with E-state index in [2.05, 4.69) is 27.2 Å². The van der Waals surface area contributed by atoms with Gasteiger partial charge < -0.3 is 26.4 Å². The van der Waals surface area contributed by atoms with Crippen molar-refractivity contribution >= 4 is 35.2 Å². The molecule has 5 atom stereocenters. The summed E-state index contributed by atoms with van der Waals surface area (Å²) in [5.74, 6) is -0.516. The molecule has 11 nitrogen and oxygen atoms in total. The van der Waals surface area contributed by atoms with Crippen molar-refractivity contribution in [3.63, 3.8) is 0 Å². The fourth-order valence-corrected chi connectivity index (χ4v) is 8.51. The molecule has 0 aliphatic rings. The first-order valence-electron chi connectivity index (χ1n) is 24.7. The van der Waals surface area contributed by atoms with Gasteiger partial charge in [0.15, 0.2) is 11.6 Å². The highest BCUT2D eigenvalue weighted by Crippen LogP contribution is 2.21. The standard InChI is InChI=1S/C61H64N4O7/c1-4-5-6-19-36-62-60(71)54(40-45-28-30-48(31-29-45)56(67)46-24-15-9-16-25-46)65-61(72)53(37-42(2)3)64-59(70)51(38-43-20-11-7-12-21-43)41-55(66)52(39-44-22-13-8-14-23-44)63-58(69)50-34-32-49(33-35-50)57(68)47-26-17-10-18-27-47/h1,7-18,20-35,42,51-55,66H,5-6,19,36-41H2,2-3H3,(H,62,71)(H,63,69)(H,64,70)(H,65,72)/t51-,52+,53+,54+,55-/m1/s1. The van der Waals surface area contributed by atoms with Crippen LogP contribution in [0.5, 0.6) is 0 Å². The summed E-state index contributed by atoms with van der Waals surface area (Å²) in [5.41, 5.74) is 4.66. The van der Waals surface area contributed by atoms with Crippen LogP contribution in [-0.2, 0) is 33.6 Å². The molecule has 6 aromatic carbocycles. The lowest BCUT2D eigenvalue weighted by Crippen LogP contribution is -2.56. The van der Waals surface area contributed by atoms with Gasteiger partial charge in [0.05, 0.1) is 12.1 Å². The van der Waals surface area contributed by atoms with Crippen LogP contribution in [0.15, 0.2) is 170 Å². The smallest absolute Gasteiger partial charge is 0.251 e. The van der Waals surface area contributed by atoms with Crippen LogP contribution >= 0.6 is 0 Å². The number of unbranched alkanes of at least 4 members (excludes halogenated alkanes) is 2. The number of terminal acetylenes is 1. The summed E-state index contributed by atoms with van der Waals surface area (Å²) >= 11 is 0. The minimum Gasteiger partial charge on any atom is -0.391 e. The van der Waals surface area contributed by atoms with Crippen LogP contribution in [0.25, 0.3) is 0 Å². The Morgan fingerprint density at radius 1 is 0.486 bits per heavy atom. The van der Waals surface area contributed by atoms with Crippen molar-refractivity contribution in [2.75, 3.05) is 6.54 Å². The van der Waals surface area contributed by atoms with Gasteiger partial charge in [0.25, 0.3) is 5.91 Å². The first kappa shape index (κ1) is 53.4. The van der Waals surface area contributed by atoms with E-state index in [-0.39, 0.29) is 55.2 Å². The molecule has 0 aromatic heterocycles. The van der Waals surface area contributed by atoms with E-state index in [1.165, 1.54) is 0 Å². The number of carbonyl (C=O) groups is 6. The zero-order valence-corrected chi connectivity index (χ0v) is 41.0. The minimum absolute atomic E-state index is 0.0478. The van der Waals surface area contributed by atoms with Gasteiger partial charge in [-0.15, -0.1) is 12.3 Å². The second-order valence-electron chi connectivity index (χ2n) is 18.5. The Hall–Kier alpha value is -7.94. The molecule has 72 heavy (non-hydrogen) atoms. The lowest BCUT2D eigenvalue weighted by molar-refractivity contribution is -0.134. The number of carbonyl (C=O) groups excluding carboxylic acids is 6. The Balaban J connectivity index is 1.21. The molecule has 6 rings (SSSR count). The van der Waals surface area contributed by atoms with Crippen molar-refractivity contribution < 1.29 is 33.9 Å². The highest BCUT2D eigenvalue weighted by Gasteiger charge is 2.33. The van der Waals surface area contributed by atoms with Crippen LogP contribution in [0, 0.1) is 24.2 Å². The average Bonchev–Trinajstić information content (AvgIpc) is 3.40. The number of ketones is 2. The molecule has 11 heteroatoms. The predicted molar refractivity (Wildman–Crippen MR) is 281 cm³/mol. The molecule has 0 fully saturated rings. The summed E-state index contributed by atoms with van der Waals surface area (Å²) in [7, 11) is 0. The maximum Gasteiger partial charge on any atom is 0.251 e. The van der Waals surface area contributed by atoms with Gasteiger partial charge in [-0.3, -0.25) is 28.8 Å². The third-order valence-corrected chi connectivity index (χ3v) is 12.5. The molecular weight excluding hydrogens is 901 g/mol. The van der Waals surface area contributed by atoms with E-state index in [1.807, 2.05) is 86.6 Å². The van der Waals surface area contributed by atoms with Crippen LogP contribution in [-0.4, -0.2) is 71.1 Å². The molecular formula is C61H64N4O7. The summed E-state index contributed by atoms with van der Waals surface area (Å²) < 4.78 is 0. The van der Waals surface area contributed by atoms with Gasteiger partial charge in [-0.2, -0.15) is 0 Å². The number of hydrogen-bond acceptors (Lipinski definition) is 7. The monoisotopic (exact) mass is 964 g/mol. The van der Waals surface area contributed by atoms with Crippen LogP contribution in [0.3, 0.4) is 0 Å². The Morgan fingerprint density at radius 3 is 1.47 bits per heavy atom. The quantitative estimate of drug-likeness (QED) is 0.0207. The zero-order valence-electron chi connectivity index (χ0n) is 41.0. The van der Waals surface area contributed by atoms with Crippen molar-refractivity contribution in [1.82, 2.24) is 21.3 Å². The van der Waals surface area contributed by atoms with Crippen molar-refractivity contribution in [3.8, 4) is 12.3 Å². The maximum atomic E-state index is 14.7. The van der Waals surface area contributed by atoms with Gasteiger partial charge in [-0.1, -0.05) is 172 Å². The topological polar surface area (TPSA) is 171 Å². The highest BCUT2D eigenvalue weighted by atomic mass is 16.3. The molecule has 0 aliphatic carbocycles. The molecule has 370 valence electrons. The average molecular weight is 965 g/mol. The van der Waals surface area contributed by atoms with Gasteiger partial charge in [0.1, 0.15) is 12.1 Å². The molecule has 0 radical (unpaired) electrons. The van der Waals surface area contributed by atoms with E-state index in [4.69, 9.17) is 6.42 Å². The number of benzene rings is 6. The SMILES string of the molecule is C#CCCCCNC(=O)[C@H](Cc1ccc(C(=O)c2ccccc2)cc1)NC(=O)[C@H](CC(C)C)NC(=O)[C@H](Cc1ccccc1)C[C@@H](O)[C@H](Cc1ccccc1)NC(=O)c1ccc(C(=O)c2ccccc2)cc1. The van der Waals surface area contributed by atoms with Gasteiger partial charge in [0, 0.05) is 53.1 Å². The molecule has 6 aromatic rings. The van der Waals surface area contributed by atoms with Gasteiger partial charge in [-0.25, -0.2) is 0 Å². The Morgan fingerprint density at radius 2 is 0.944 bits per heavy atom. The third kappa shape index (κ3) is 16.3. The Bertz CT molecular complexity index is 2740. The van der Waals surface area contributed by atoms with E-state index in [9.17, 15) is 33.9 Å². The number of nitrogens with one attached hydrogen (secondary N) is 4. The Labute approximate surface area is 423 Å². The van der Waals surface area contributed by atoms with E-state index in [0.717, 1.165) is 17.5 Å². The van der Waals surface area contributed by atoms with E-state index in [1.54, 1.807) is 97.1 Å². The molecule has 0 aliphatic heterocycles. The van der Waals surface area contributed by atoms with Crippen LogP contribution in [0.1, 0.15) is 105 Å². The highest BCUT2D eigenvalue weighted by molar-refractivity contribution is 6.10. The summed E-state index contributed by atoms with van der Waals surface area (Å²) in [4.78, 5) is 83.1. The van der Waals surface area contributed by atoms with Crippen molar-refractivity contribution in [1.29, 1.82) is 0 Å². The van der Waals surface area contributed by atoms with E-state index < -0.39 is 53.8 Å². The number of rotatable bonds is 26. The van der Waals surface area contributed by atoms with Crippen molar-refractivity contribution in [3.05, 3.63) is 214 Å². The molecule has 0 saturated carbocycles. The largest absolute Gasteiger partial charge is 0.391 e. The van der Waals surface area contributed by atoms with Crippen molar-refractivity contribution in [2.45, 2.75) is 89.4 Å². The fourth-order valence-electron chi connectivity index (χ4n) is 8.51. The summed E-state index contributed by atoms with van der Waals surface area (Å²) in [6.45, 7) is 4.21. The fraction of sp³-hybridized carbons (Fsp3) is 0.279. The van der Waals surface area contributed by atoms with Gasteiger partial charge in [0.2, 0.25) is 17.7 Å². The summed E-state index contributed by atoms with van der Waals surface area (Å²) in [5, 5.41) is 24.0. The maximum absolute atomic E-state index is 14.7. The molecule has 5 N–H and O–H groups in total. The first-order valence-corrected chi connectivity index (χ1v) is 24.7. The molecule has 0 heterocycles. The van der Waals surface area contributed by atoms with Gasteiger partial charge in [-0.05, 0) is 73.3 Å². The molecule has 0 spiro atoms. The number of hydrogen-bond donors (Lipinski definition) is 5. The molecule has 0 saturated heterocycles. The zero-order chi connectivity index (χ0) is 51.2. The molecule has 4 amide bonds. The van der Waals surface area contributed by atoms with E-state index in [0.29, 0.717) is 47.2 Å². The lowest BCUT2D eigenvalue weighted by Gasteiger charge is -2.29. The normalized spacial score (nSPS) is 13.0. The predicted octanol–water partition coefficient (Wildman–Crippen LogP) is 8.28. The second-order valence-corrected chi connectivity index (χ2v) is 18.5. The molecule has 0 unspecified atom stereocenters. The van der Waals surface area contributed by atoms with Crippen molar-refractivity contribution in [2.24, 2.45) is 11.8 Å². The number of amides is 4. The minimum atomic E-state index is -1.23. The van der Waals surface area contributed by atoms with Crippen LogP contribution in [0.4, 0.5) is 0 Å². The number of aliphatic hydroxyl groups is 1. The van der Waals surface area contributed by atoms with Crippen LogP contribution < -0.4 is 21.3 Å². The van der Waals surface area contributed by atoms with E-state index >= 15 is 0 Å².